The Morgan fingerprint density at radius 3 is 1.48 bits per heavy atom. The maximum Gasteiger partial charge on any atom is 0.243 e. The third-order valence-electron chi connectivity index (χ3n) is 10.3. The Kier molecular flexibility index (Phi) is 15.6. The fraction of sp³-hybridized carbons (Fsp3) is 0.286. The molecule has 6 aromatic rings. The third-order valence-corrected chi connectivity index (χ3v) is 17.6. The highest BCUT2D eigenvalue weighted by Gasteiger charge is 2.31. The molecular weight excluding hydrogens is 1040 g/mol. The molecule has 0 radical (unpaired) electrons. The van der Waals surface area contributed by atoms with E-state index in [2.05, 4.69) is 41.7 Å². The fourth-order valence-corrected chi connectivity index (χ4v) is 12.5. The van der Waals surface area contributed by atoms with Crippen LogP contribution in [0.15, 0.2) is 114 Å². The second kappa shape index (κ2) is 20.7. The Morgan fingerprint density at radius 1 is 0.597 bits per heavy atom. The zero-order valence-corrected chi connectivity index (χ0v) is 41.5. The van der Waals surface area contributed by atoms with Gasteiger partial charge in [0.1, 0.15) is 11.5 Å². The molecular formula is C42H42Br2Cl2N6O6S4. The van der Waals surface area contributed by atoms with Gasteiger partial charge < -0.3 is 19.3 Å². The maximum atomic E-state index is 12.9. The smallest absolute Gasteiger partial charge is 0.243 e. The Bertz CT molecular complexity index is 2690. The van der Waals surface area contributed by atoms with E-state index in [9.17, 15) is 16.8 Å². The van der Waals surface area contributed by atoms with E-state index in [-0.39, 0.29) is 0 Å². The normalized spacial score (nSPS) is 15.3. The van der Waals surface area contributed by atoms with Crippen LogP contribution in [0.25, 0.3) is 0 Å². The predicted molar refractivity (Wildman–Crippen MR) is 256 cm³/mol. The van der Waals surface area contributed by atoms with Gasteiger partial charge in [0.15, 0.2) is 10.3 Å². The molecule has 0 N–H and O–H groups in total. The number of anilines is 2. The predicted octanol–water partition coefficient (Wildman–Crippen LogP) is 9.34. The second-order valence-corrected chi connectivity index (χ2v) is 22.4. The number of ether oxygens (including phenoxy) is 2. The molecule has 2 aliphatic heterocycles. The first-order valence-electron chi connectivity index (χ1n) is 19.3. The lowest BCUT2D eigenvalue weighted by molar-refractivity contribution is 0.384. The van der Waals surface area contributed by atoms with E-state index in [0.717, 1.165) is 53.2 Å². The van der Waals surface area contributed by atoms with Gasteiger partial charge in [-0.05, 0) is 72.3 Å². The van der Waals surface area contributed by atoms with Crippen molar-refractivity contribution in [1.29, 1.82) is 0 Å². The van der Waals surface area contributed by atoms with Crippen LogP contribution in [-0.2, 0) is 32.9 Å². The first kappa shape index (κ1) is 46.7. The van der Waals surface area contributed by atoms with Gasteiger partial charge in [-0.25, -0.2) is 26.8 Å². The standard InChI is InChI=1S/C22H24BrN3O4S2.C20H18BrCl2N3O2S2/c1-29-19-6-3-16(21(14-19)30-2)13-18-15-31-22(24-18)25-9-11-26(12-10-25)32(27,28)20-7-4-17(23)5-8-20;21-15-2-5-18(6-3-15)30(27,28)26-9-7-25(8-10-26)20-24-17(13-29-20)11-14-1-4-16(22)12-19(14)23/h3-8,14-15H,9-13H2,1-2H3;1-6,12-13H,7-11H2. The van der Waals surface area contributed by atoms with E-state index < -0.39 is 20.0 Å². The molecule has 4 aromatic carbocycles. The van der Waals surface area contributed by atoms with E-state index in [1.54, 1.807) is 95.8 Å². The first-order valence-corrected chi connectivity index (χ1v) is 26.3. The summed E-state index contributed by atoms with van der Waals surface area (Å²) in [6, 6.07) is 24.7. The van der Waals surface area contributed by atoms with Crippen molar-refractivity contribution in [3.05, 3.63) is 137 Å². The van der Waals surface area contributed by atoms with Crippen LogP contribution in [0.2, 0.25) is 10.0 Å². The van der Waals surface area contributed by atoms with E-state index in [1.807, 2.05) is 41.1 Å². The van der Waals surface area contributed by atoms with Gasteiger partial charge in [0, 0.05) is 107 Å². The van der Waals surface area contributed by atoms with E-state index in [0.29, 0.717) is 85.0 Å². The summed E-state index contributed by atoms with van der Waals surface area (Å²) in [5.74, 6) is 1.52. The van der Waals surface area contributed by atoms with Gasteiger partial charge in [-0.3, -0.25) is 0 Å². The topological polar surface area (TPSA) is 125 Å². The zero-order chi connectivity index (χ0) is 44.0. The van der Waals surface area contributed by atoms with Crippen LogP contribution in [0, 0.1) is 0 Å². The highest BCUT2D eigenvalue weighted by molar-refractivity contribution is 9.10. The zero-order valence-electron chi connectivity index (χ0n) is 33.6. The number of aromatic nitrogens is 2. The summed E-state index contributed by atoms with van der Waals surface area (Å²) in [5, 5.41) is 7.11. The maximum absolute atomic E-state index is 12.9. The van der Waals surface area contributed by atoms with Crippen molar-refractivity contribution in [2.75, 3.05) is 76.4 Å². The SMILES string of the molecule is COc1ccc(Cc2csc(N3CCN(S(=O)(=O)c4ccc(Br)cc4)CC3)n2)c(OC)c1.O=S(=O)(c1ccc(Br)cc1)N1CCN(c2nc(Cc3ccc(Cl)cc3Cl)cs2)CC1. The molecule has 20 heteroatoms. The summed E-state index contributed by atoms with van der Waals surface area (Å²) >= 11 is 22.1. The van der Waals surface area contributed by atoms with Crippen molar-refractivity contribution in [2.24, 2.45) is 0 Å². The number of methoxy groups -OCH3 is 2. The minimum absolute atomic E-state index is 0.315. The monoisotopic (exact) mass is 1080 g/mol. The summed E-state index contributed by atoms with van der Waals surface area (Å²) in [4.78, 5) is 14.4. The number of hydrogen-bond donors (Lipinski definition) is 0. The molecule has 2 fully saturated rings. The molecule has 0 aliphatic carbocycles. The molecule has 4 heterocycles. The molecule has 0 bridgehead atoms. The highest BCUT2D eigenvalue weighted by Crippen LogP contribution is 2.31. The highest BCUT2D eigenvalue weighted by atomic mass is 79.9. The minimum Gasteiger partial charge on any atom is -0.497 e. The van der Waals surface area contributed by atoms with Crippen molar-refractivity contribution in [3.63, 3.8) is 0 Å². The average molecular weight is 1090 g/mol. The van der Waals surface area contributed by atoms with Crippen molar-refractivity contribution in [2.45, 2.75) is 22.6 Å². The van der Waals surface area contributed by atoms with E-state index in [1.165, 1.54) is 4.31 Å². The van der Waals surface area contributed by atoms with Crippen LogP contribution in [0.3, 0.4) is 0 Å². The average Bonchev–Trinajstić information content (AvgIpc) is 3.96. The minimum atomic E-state index is -3.49. The number of nitrogens with zero attached hydrogens (tertiary/aromatic N) is 6. The number of sulfonamides is 2. The Balaban J connectivity index is 0.000000187. The summed E-state index contributed by atoms with van der Waals surface area (Å²) in [6.45, 7) is 4.13. The number of thiazole rings is 2. The lowest BCUT2D eigenvalue weighted by atomic mass is 10.1. The van der Waals surface area contributed by atoms with E-state index >= 15 is 0 Å². The van der Waals surface area contributed by atoms with Crippen LogP contribution in [0.5, 0.6) is 11.5 Å². The van der Waals surface area contributed by atoms with Gasteiger partial charge >= 0.3 is 0 Å². The van der Waals surface area contributed by atoms with Gasteiger partial charge in [0.05, 0.1) is 35.4 Å². The van der Waals surface area contributed by atoms with Gasteiger partial charge in [0.2, 0.25) is 20.0 Å². The van der Waals surface area contributed by atoms with Crippen molar-refractivity contribution < 1.29 is 26.3 Å². The molecule has 0 atom stereocenters. The van der Waals surface area contributed by atoms with Gasteiger partial charge in [-0.1, -0.05) is 67.2 Å². The summed E-state index contributed by atoms with van der Waals surface area (Å²) in [6.07, 6.45) is 1.28. The number of benzene rings is 4. The summed E-state index contributed by atoms with van der Waals surface area (Å²) in [7, 11) is -3.70. The quantitative estimate of drug-likeness (QED) is 0.117. The largest absolute Gasteiger partial charge is 0.497 e. The molecule has 0 amide bonds. The number of hydrogen-bond acceptors (Lipinski definition) is 12. The number of rotatable bonds is 12. The molecule has 8 rings (SSSR count). The first-order chi connectivity index (χ1) is 29.7. The molecule has 0 unspecified atom stereocenters. The lowest BCUT2D eigenvalue weighted by Crippen LogP contribution is -2.48. The van der Waals surface area contributed by atoms with Crippen LogP contribution in [0.4, 0.5) is 10.3 Å². The number of piperazine rings is 2. The molecule has 2 aromatic heterocycles. The summed E-state index contributed by atoms with van der Waals surface area (Å²) < 4.78 is 67.1. The number of halogens is 4. The van der Waals surface area contributed by atoms with Crippen LogP contribution < -0.4 is 19.3 Å². The van der Waals surface area contributed by atoms with Crippen LogP contribution in [-0.4, -0.2) is 102 Å². The summed E-state index contributed by atoms with van der Waals surface area (Å²) in [5.41, 5.74) is 3.90. The Morgan fingerprint density at radius 2 is 1.05 bits per heavy atom. The Labute approximate surface area is 397 Å². The van der Waals surface area contributed by atoms with Crippen molar-refractivity contribution in [1.82, 2.24) is 18.6 Å². The Hall–Kier alpha value is -3.30. The third kappa shape index (κ3) is 11.3. The molecule has 328 valence electrons. The molecule has 0 saturated carbocycles. The molecule has 62 heavy (non-hydrogen) atoms. The molecule has 0 spiro atoms. The molecule has 2 aliphatic rings. The molecule has 12 nitrogen and oxygen atoms in total. The van der Waals surface area contributed by atoms with Crippen LogP contribution in [0.1, 0.15) is 22.5 Å². The lowest BCUT2D eigenvalue weighted by Gasteiger charge is -2.33. The van der Waals surface area contributed by atoms with Crippen LogP contribution >= 0.6 is 77.7 Å². The van der Waals surface area contributed by atoms with Crippen molar-refractivity contribution in [3.8, 4) is 11.5 Å². The van der Waals surface area contributed by atoms with Crippen molar-refractivity contribution >= 4 is 108 Å². The molecule has 2 saturated heterocycles. The van der Waals surface area contributed by atoms with E-state index in [4.69, 9.17) is 42.6 Å². The second-order valence-electron chi connectivity index (χ2n) is 14.2. The van der Waals surface area contributed by atoms with Gasteiger partial charge in [-0.2, -0.15) is 8.61 Å². The fourth-order valence-electron chi connectivity index (χ4n) is 6.85. The van der Waals surface area contributed by atoms with Gasteiger partial charge in [0.25, 0.3) is 0 Å². The van der Waals surface area contributed by atoms with Gasteiger partial charge in [-0.15, -0.1) is 22.7 Å².